The highest BCUT2D eigenvalue weighted by molar-refractivity contribution is 6.42. The van der Waals surface area contributed by atoms with E-state index in [1.807, 2.05) is 54.8 Å². The van der Waals surface area contributed by atoms with E-state index in [2.05, 4.69) is 4.98 Å². The van der Waals surface area contributed by atoms with Crippen molar-refractivity contribution in [3.8, 4) is 0 Å². The van der Waals surface area contributed by atoms with Crippen LogP contribution in [0.3, 0.4) is 0 Å². The van der Waals surface area contributed by atoms with Gasteiger partial charge in [0.25, 0.3) is 0 Å². The maximum Gasteiger partial charge on any atom is 0.0598 e. The molecule has 0 bridgehead atoms. The van der Waals surface area contributed by atoms with E-state index in [0.717, 1.165) is 11.1 Å². The molecule has 0 aliphatic rings. The average molecular weight is 276 g/mol. The predicted molar refractivity (Wildman–Crippen MR) is 78.8 cm³/mol. The van der Waals surface area contributed by atoms with Crippen molar-refractivity contribution in [3.63, 3.8) is 0 Å². The molecule has 0 saturated heterocycles. The van der Waals surface area contributed by atoms with Crippen LogP contribution in [-0.4, -0.2) is 4.98 Å². The highest BCUT2D eigenvalue weighted by atomic mass is 35.5. The van der Waals surface area contributed by atoms with Crippen molar-refractivity contribution in [2.75, 3.05) is 0 Å². The van der Waals surface area contributed by atoms with Gasteiger partial charge >= 0.3 is 0 Å². The summed E-state index contributed by atoms with van der Waals surface area (Å²) in [7, 11) is 0. The molecule has 0 aliphatic carbocycles. The Morgan fingerprint density at radius 2 is 1.67 bits per heavy atom. The number of nitrogens with zero attached hydrogens (tertiary/aromatic N) is 1. The first-order valence-electron chi connectivity index (χ1n) is 5.45. The molecule has 3 heteroatoms. The summed E-state index contributed by atoms with van der Waals surface area (Å²) in [6.45, 7) is 0. The maximum absolute atomic E-state index is 5.93. The Morgan fingerprint density at radius 1 is 0.889 bits per heavy atom. The summed E-state index contributed by atoms with van der Waals surface area (Å²) in [4.78, 5) is 4.04. The van der Waals surface area contributed by atoms with Crippen molar-refractivity contribution in [3.05, 3.63) is 76.0 Å². The molecule has 90 valence electrons. The van der Waals surface area contributed by atoms with Crippen LogP contribution < -0.4 is 0 Å². The van der Waals surface area contributed by atoms with Gasteiger partial charge in [0.15, 0.2) is 0 Å². The highest BCUT2D eigenvalue weighted by Gasteiger charge is 1.95. The molecule has 0 spiro atoms. The Morgan fingerprint density at radius 3 is 2.33 bits per heavy atom. The molecule has 2 aromatic rings. The van der Waals surface area contributed by atoms with Crippen LogP contribution in [0.2, 0.25) is 10.0 Å². The van der Waals surface area contributed by atoms with Gasteiger partial charge in [0, 0.05) is 12.4 Å². The fourth-order valence-electron chi connectivity index (χ4n) is 1.42. The number of rotatable bonds is 3. The van der Waals surface area contributed by atoms with Crippen molar-refractivity contribution >= 4 is 35.4 Å². The Hall–Kier alpha value is -1.57. The molecule has 0 N–H and O–H groups in total. The van der Waals surface area contributed by atoms with E-state index in [9.17, 15) is 0 Å². The molecule has 1 nitrogen and oxygen atoms in total. The second kappa shape index (κ2) is 6.39. The summed E-state index contributed by atoms with van der Waals surface area (Å²) >= 11 is 11.8. The lowest BCUT2D eigenvalue weighted by atomic mass is 10.2. The third kappa shape index (κ3) is 3.73. The van der Waals surface area contributed by atoms with Gasteiger partial charge in [-0.2, -0.15) is 0 Å². The molecule has 0 amide bonds. The van der Waals surface area contributed by atoms with Crippen molar-refractivity contribution in [1.82, 2.24) is 4.98 Å². The topological polar surface area (TPSA) is 12.9 Å². The van der Waals surface area contributed by atoms with Crippen LogP contribution in [0, 0.1) is 0 Å². The molecule has 1 heterocycles. The molecular formula is C15H11Cl2N. The zero-order valence-electron chi connectivity index (χ0n) is 9.55. The summed E-state index contributed by atoms with van der Waals surface area (Å²) in [5.74, 6) is 0. The van der Waals surface area contributed by atoms with Gasteiger partial charge in [-0.05, 0) is 29.3 Å². The molecule has 2 rings (SSSR count). The monoisotopic (exact) mass is 275 g/mol. The molecule has 18 heavy (non-hydrogen) atoms. The molecule has 1 aromatic carbocycles. The average Bonchev–Trinajstić information content (AvgIpc) is 2.40. The van der Waals surface area contributed by atoms with E-state index >= 15 is 0 Å². The number of halogens is 2. The molecule has 1 aromatic heterocycles. The molecule has 0 fully saturated rings. The SMILES string of the molecule is Clc1ccc(/C=C/C=C/c2cccnc2)cc1Cl. The van der Waals surface area contributed by atoms with Crippen LogP contribution in [0.1, 0.15) is 11.1 Å². The Bertz CT molecular complexity index is 574. The summed E-state index contributed by atoms with van der Waals surface area (Å²) in [6.07, 6.45) is 11.4. The minimum absolute atomic E-state index is 0.565. The van der Waals surface area contributed by atoms with Gasteiger partial charge in [0.1, 0.15) is 0 Å². The van der Waals surface area contributed by atoms with Crippen LogP contribution >= 0.6 is 23.2 Å². The van der Waals surface area contributed by atoms with E-state index in [1.54, 1.807) is 12.3 Å². The Labute approximate surface area is 116 Å². The largest absolute Gasteiger partial charge is 0.264 e. The summed E-state index contributed by atoms with van der Waals surface area (Å²) in [5, 5.41) is 1.13. The Balaban J connectivity index is 2.03. The maximum atomic E-state index is 5.93. The van der Waals surface area contributed by atoms with Gasteiger partial charge in [0.2, 0.25) is 0 Å². The number of aromatic nitrogens is 1. The molecule has 0 saturated carbocycles. The predicted octanol–water partition coefficient (Wildman–Crippen LogP) is 5.12. The lowest BCUT2D eigenvalue weighted by Crippen LogP contribution is -1.73. The van der Waals surface area contributed by atoms with Crippen LogP contribution in [0.25, 0.3) is 12.2 Å². The first-order valence-corrected chi connectivity index (χ1v) is 6.21. The normalized spacial score (nSPS) is 11.4. The molecular weight excluding hydrogens is 265 g/mol. The van der Waals surface area contributed by atoms with Crippen molar-refractivity contribution in [2.24, 2.45) is 0 Å². The van der Waals surface area contributed by atoms with E-state index < -0.39 is 0 Å². The fourth-order valence-corrected chi connectivity index (χ4v) is 1.73. The number of pyridine rings is 1. The van der Waals surface area contributed by atoms with Gasteiger partial charge in [-0.25, -0.2) is 0 Å². The van der Waals surface area contributed by atoms with E-state index in [-0.39, 0.29) is 0 Å². The van der Waals surface area contributed by atoms with Gasteiger partial charge in [-0.1, -0.05) is 59.6 Å². The van der Waals surface area contributed by atoms with E-state index in [0.29, 0.717) is 10.0 Å². The summed E-state index contributed by atoms with van der Waals surface area (Å²) in [5.41, 5.74) is 2.08. The highest BCUT2D eigenvalue weighted by Crippen LogP contribution is 2.23. The molecule has 0 unspecified atom stereocenters. The standard InChI is InChI=1S/C15H11Cl2N/c16-14-8-7-12(10-15(14)17)4-1-2-5-13-6-3-9-18-11-13/h1-11H/b4-1+,5-2+. The van der Waals surface area contributed by atoms with Crippen LogP contribution in [0.15, 0.2) is 54.9 Å². The number of hydrogen-bond acceptors (Lipinski definition) is 1. The van der Waals surface area contributed by atoms with Crippen molar-refractivity contribution < 1.29 is 0 Å². The third-order valence-electron chi connectivity index (χ3n) is 2.32. The number of allylic oxidation sites excluding steroid dienone is 2. The van der Waals surface area contributed by atoms with Gasteiger partial charge in [-0.3, -0.25) is 4.98 Å². The first-order chi connectivity index (χ1) is 8.75. The van der Waals surface area contributed by atoms with Crippen LogP contribution in [0.4, 0.5) is 0 Å². The second-order valence-electron chi connectivity index (χ2n) is 3.68. The van der Waals surface area contributed by atoms with E-state index in [1.165, 1.54) is 0 Å². The minimum atomic E-state index is 0.565. The number of benzene rings is 1. The van der Waals surface area contributed by atoms with Crippen LogP contribution in [-0.2, 0) is 0 Å². The minimum Gasteiger partial charge on any atom is -0.264 e. The number of hydrogen-bond donors (Lipinski definition) is 0. The summed E-state index contributed by atoms with van der Waals surface area (Å²) < 4.78 is 0. The fraction of sp³-hybridized carbons (Fsp3) is 0. The molecule has 0 radical (unpaired) electrons. The zero-order valence-corrected chi connectivity index (χ0v) is 11.1. The second-order valence-corrected chi connectivity index (χ2v) is 4.49. The zero-order chi connectivity index (χ0) is 12.8. The lowest BCUT2D eigenvalue weighted by molar-refractivity contribution is 1.32. The van der Waals surface area contributed by atoms with Gasteiger partial charge in [-0.15, -0.1) is 0 Å². The smallest absolute Gasteiger partial charge is 0.0598 e. The molecule has 0 atom stereocenters. The lowest BCUT2D eigenvalue weighted by Gasteiger charge is -1.96. The van der Waals surface area contributed by atoms with Crippen molar-refractivity contribution in [1.29, 1.82) is 0 Å². The van der Waals surface area contributed by atoms with Gasteiger partial charge in [0.05, 0.1) is 10.0 Å². The Kier molecular flexibility index (Phi) is 4.57. The third-order valence-corrected chi connectivity index (χ3v) is 3.06. The molecule has 0 aliphatic heterocycles. The van der Waals surface area contributed by atoms with Crippen molar-refractivity contribution in [2.45, 2.75) is 0 Å². The summed E-state index contributed by atoms with van der Waals surface area (Å²) in [6, 6.07) is 9.44. The van der Waals surface area contributed by atoms with Crippen LogP contribution in [0.5, 0.6) is 0 Å². The van der Waals surface area contributed by atoms with Gasteiger partial charge < -0.3 is 0 Å². The quantitative estimate of drug-likeness (QED) is 0.709. The van der Waals surface area contributed by atoms with E-state index in [4.69, 9.17) is 23.2 Å². The first kappa shape index (κ1) is 12.9.